The maximum Gasteiger partial charge on any atom is 0.238 e. The SMILES string of the molecule is COc1ccc(NC(=O)CN(C)CC(=O)Nc2cc(NC(C)=O)ccc2OC)cc1. The van der Waals surface area contributed by atoms with Gasteiger partial charge in [0.15, 0.2) is 0 Å². The first-order chi connectivity index (χ1) is 14.3. The monoisotopic (exact) mass is 414 g/mol. The molecule has 0 aliphatic heterocycles. The van der Waals surface area contributed by atoms with Crippen LogP contribution < -0.4 is 25.4 Å². The zero-order valence-electron chi connectivity index (χ0n) is 17.4. The second-order valence-electron chi connectivity index (χ2n) is 6.59. The molecule has 3 amide bonds. The number of ether oxygens (including phenoxy) is 2. The van der Waals surface area contributed by atoms with E-state index in [1.165, 1.54) is 14.0 Å². The number of rotatable bonds is 9. The number of carbonyl (C=O) groups is 3. The number of benzene rings is 2. The highest BCUT2D eigenvalue weighted by Crippen LogP contribution is 2.27. The van der Waals surface area contributed by atoms with Gasteiger partial charge in [0.25, 0.3) is 0 Å². The van der Waals surface area contributed by atoms with Crippen LogP contribution in [0.3, 0.4) is 0 Å². The maximum atomic E-state index is 12.4. The fourth-order valence-electron chi connectivity index (χ4n) is 2.70. The summed E-state index contributed by atoms with van der Waals surface area (Å²) in [5.41, 5.74) is 1.59. The van der Waals surface area contributed by atoms with E-state index in [1.54, 1.807) is 61.5 Å². The van der Waals surface area contributed by atoms with Crippen molar-refractivity contribution in [3.8, 4) is 11.5 Å². The van der Waals surface area contributed by atoms with E-state index >= 15 is 0 Å². The van der Waals surface area contributed by atoms with Gasteiger partial charge < -0.3 is 25.4 Å². The Balaban J connectivity index is 1.90. The minimum absolute atomic E-state index is 0.0104. The van der Waals surface area contributed by atoms with Gasteiger partial charge in [0.05, 0.1) is 33.0 Å². The average Bonchev–Trinajstić information content (AvgIpc) is 2.68. The first-order valence-electron chi connectivity index (χ1n) is 9.18. The molecule has 2 aromatic carbocycles. The van der Waals surface area contributed by atoms with Gasteiger partial charge in [-0.25, -0.2) is 0 Å². The molecule has 0 unspecified atom stereocenters. The summed E-state index contributed by atoms with van der Waals surface area (Å²) in [7, 11) is 4.72. The number of nitrogens with one attached hydrogen (secondary N) is 3. The van der Waals surface area contributed by atoms with Gasteiger partial charge >= 0.3 is 0 Å². The van der Waals surface area contributed by atoms with Gasteiger partial charge in [-0.15, -0.1) is 0 Å². The molecular formula is C21H26N4O5. The van der Waals surface area contributed by atoms with E-state index in [2.05, 4.69) is 16.0 Å². The van der Waals surface area contributed by atoms with Crippen LogP contribution in [0.15, 0.2) is 42.5 Å². The lowest BCUT2D eigenvalue weighted by Gasteiger charge is -2.17. The van der Waals surface area contributed by atoms with Gasteiger partial charge in [0, 0.05) is 18.3 Å². The largest absolute Gasteiger partial charge is 0.497 e. The number of carbonyl (C=O) groups excluding carboxylic acids is 3. The van der Waals surface area contributed by atoms with Crippen molar-refractivity contribution < 1.29 is 23.9 Å². The highest BCUT2D eigenvalue weighted by atomic mass is 16.5. The molecule has 0 aromatic heterocycles. The third kappa shape index (κ3) is 7.10. The summed E-state index contributed by atoms with van der Waals surface area (Å²) >= 11 is 0. The third-order valence-electron chi connectivity index (χ3n) is 3.99. The molecule has 0 heterocycles. The molecule has 2 aromatic rings. The van der Waals surface area contributed by atoms with Gasteiger partial charge in [-0.3, -0.25) is 19.3 Å². The number of nitrogens with zero attached hydrogens (tertiary/aromatic N) is 1. The summed E-state index contributed by atoms with van der Waals surface area (Å²) in [6.07, 6.45) is 0. The van der Waals surface area contributed by atoms with E-state index in [0.29, 0.717) is 28.6 Å². The van der Waals surface area contributed by atoms with Crippen LogP contribution >= 0.6 is 0 Å². The average molecular weight is 414 g/mol. The van der Waals surface area contributed by atoms with E-state index in [9.17, 15) is 14.4 Å². The lowest BCUT2D eigenvalue weighted by molar-refractivity contribution is -0.119. The van der Waals surface area contributed by atoms with Crippen molar-refractivity contribution in [2.45, 2.75) is 6.92 Å². The molecule has 0 bridgehead atoms. The number of amides is 3. The lowest BCUT2D eigenvalue weighted by Crippen LogP contribution is -2.36. The van der Waals surface area contributed by atoms with Crippen LogP contribution in [0.2, 0.25) is 0 Å². The summed E-state index contributed by atoms with van der Waals surface area (Å²) in [4.78, 5) is 37.4. The predicted molar refractivity (Wildman–Crippen MR) is 115 cm³/mol. The molecule has 160 valence electrons. The first-order valence-corrected chi connectivity index (χ1v) is 9.18. The fourth-order valence-corrected chi connectivity index (χ4v) is 2.70. The summed E-state index contributed by atoms with van der Waals surface area (Å²) in [6, 6.07) is 11.9. The normalized spacial score (nSPS) is 10.3. The Morgan fingerprint density at radius 1 is 0.833 bits per heavy atom. The van der Waals surface area contributed by atoms with E-state index < -0.39 is 0 Å². The van der Waals surface area contributed by atoms with Crippen LogP contribution in [-0.2, 0) is 14.4 Å². The topological polar surface area (TPSA) is 109 Å². The standard InChI is InChI=1S/C21H26N4O5/c1-14(26)22-16-7-10-19(30-4)18(11-16)24-21(28)13-25(2)12-20(27)23-15-5-8-17(29-3)9-6-15/h5-11H,12-13H2,1-4H3,(H,22,26)(H,23,27)(H,24,28). The van der Waals surface area contributed by atoms with Crippen LogP contribution in [-0.4, -0.2) is 57.0 Å². The number of hydrogen-bond acceptors (Lipinski definition) is 6. The Labute approximate surface area is 175 Å². The van der Waals surface area contributed by atoms with E-state index in [-0.39, 0.29) is 30.8 Å². The molecule has 0 fully saturated rings. The molecule has 3 N–H and O–H groups in total. The van der Waals surface area contributed by atoms with Crippen molar-refractivity contribution in [1.29, 1.82) is 0 Å². The molecule has 30 heavy (non-hydrogen) atoms. The van der Waals surface area contributed by atoms with Gasteiger partial charge in [-0.2, -0.15) is 0 Å². The zero-order chi connectivity index (χ0) is 22.1. The molecule has 0 radical (unpaired) electrons. The van der Waals surface area contributed by atoms with E-state index in [4.69, 9.17) is 9.47 Å². The zero-order valence-corrected chi connectivity index (χ0v) is 17.4. The van der Waals surface area contributed by atoms with Crippen molar-refractivity contribution in [1.82, 2.24) is 4.90 Å². The lowest BCUT2D eigenvalue weighted by atomic mass is 10.2. The Kier molecular flexibility index (Phi) is 8.18. The van der Waals surface area contributed by atoms with Gasteiger partial charge in [-0.1, -0.05) is 0 Å². The molecule has 2 rings (SSSR count). The second kappa shape index (κ2) is 10.8. The van der Waals surface area contributed by atoms with Crippen LogP contribution in [0.5, 0.6) is 11.5 Å². The van der Waals surface area contributed by atoms with Crippen LogP contribution in [0.1, 0.15) is 6.92 Å². The highest BCUT2D eigenvalue weighted by molar-refractivity contribution is 5.97. The Hall–Kier alpha value is -3.59. The number of likely N-dealkylation sites (N-methyl/N-ethyl adjacent to an activating group) is 1. The summed E-state index contributed by atoms with van der Waals surface area (Å²) in [5, 5.41) is 8.15. The summed E-state index contributed by atoms with van der Waals surface area (Å²) < 4.78 is 10.3. The molecule has 0 aliphatic rings. The molecule has 0 saturated heterocycles. The molecule has 9 heteroatoms. The summed E-state index contributed by atoms with van der Waals surface area (Å²) in [6.45, 7) is 1.42. The Morgan fingerprint density at radius 3 is 2.00 bits per heavy atom. The quantitative estimate of drug-likeness (QED) is 0.580. The first kappa shape index (κ1) is 22.7. The van der Waals surface area contributed by atoms with Gasteiger partial charge in [0.1, 0.15) is 11.5 Å². The maximum absolute atomic E-state index is 12.4. The molecule has 0 atom stereocenters. The number of methoxy groups -OCH3 is 2. The van der Waals surface area contributed by atoms with Crippen molar-refractivity contribution in [3.63, 3.8) is 0 Å². The van der Waals surface area contributed by atoms with Crippen LogP contribution in [0.25, 0.3) is 0 Å². The Morgan fingerprint density at radius 2 is 1.43 bits per heavy atom. The Bertz CT molecular complexity index is 899. The number of anilines is 3. The molecule has 0 saturated carbocycles. The van der Waals surface area contributed by atoms with Gasteiger partial charge in [-0.05, 0) is 49.5 Å². The fraction of sp³-hybridized carbons (Fsp3) is 0.286. The highest BCUT2D eigenvalue weighted by Gasteiger charge is 2.14. The van der Waals surface area contributed by atoms with Crippen molar-refractivity contribution >= 4 is 34.8 Å². The smallest absolute Gasteiger partial charge is 0.238 e. The molecule has 9 nitrogen and oxygen atoms in total. The van der Waals surface area contributed by atoms with Gasteiger partial charge in [0.2, 0.25) is 17.7 Å². The molecule has 0 aliphatic carbocycles. The van der Waals surface area contributed by atoms with Crippen LogP contribution in [0.4, 0.5) is 17.1 Å². The number of hydrogen-bond donors (Lipinski definition) is 3. The minimum atomic E-state index is -0.326. The second-order valence-corrected chi connectivity index (χ2v) is 6.59. The predicted octanol–water partition coefficient (Wildman–Crippen LogP) is 2.17. The van der Waals surface area contributed by atoms with Crippen molar-refractivity contribution in [3.05, 3.63) is 42.5 Å². The minimum Gasteiger partial charge on any atom is -0.497 e. The molecule has 0 spiro atoms. The van der Waals surface area contributed by atoms with Crippen molar-refractivity contribution in [2.24, 2.45) is 0 Å². The van der Waals surface area contributed by atoms with E-state index in [1.807, 2.05) is 0 Å². The van der Waals surface area contributed by atoms with Crippen molar-refractivity contribution in [2.75, 3.05) is 50.3 Å². The third-order valence-corrected chi connectivity index (χ3v) is 3.99. The van der Waals surface area contributed by atoms with Crippen LogP contribution in [0, 0.1) is 0 Å². The van der Waals surface area contributed by atoms with E-state index in [0.717, 1.165) is 0 Å². The summed E-state index contributed by atoms with van der Waals surface area (Å²) in [5.74, 6) is 0.353. The molecular weight excluding hydrogens is 388 g/mol.